The first-order valence-corrected chi connectivity index (χ1v) is 6.22. The van der Waals surface area contributed by atoms with E-state index in [0.717, 1.165) is 18.4 Å². The molecule has 0 unspecified atom stereocenters. The number of hydrogen-bond donors (Lipinski definition) is 1. The van der Waals surface area contributed by atoms with Gasteiger partial charge in [0, 0.05) is 5.57 Å². The molecule has 0 heterocycles. The Kier molecular flexibility index (Phi) is 3.45. The van der Waals surface area contributed by atoms with Crippen LogP contribution in [0.2, 0.25) is 0 Å². The molecule has 0 atom stereocenters. The van der Waals surface area contributed by atoms with Crippen LogP contribution in [-0.2, 0) is 4.79 Å². The van der Waals surface area contributed by atoms with Gasteiger partial charge in [-0.1, -0.05) is 31.8 Å². The number of carboxylic acid groups (broad SMARTS) is 1. The molecule has 0 radical (unpaired) electrons. The van der Waals surface area contributed by atoms with E-state index < -0.39 is 5.97 Å². The van der Waals surface area contributed by atoms with Crippen LogP contribution in [0.15, 0.2) is 11.6 Å². The van der Waals surface area contributed by atoms with Gasteiger partial charge in [0.15, 0.2) is 0 Å². The quantitative estimate of drug-likeness (QED) is 0.722. The fraction of sp³-hybridized carbons (Fsp3) is 0.769. The maximum atomic E-state index is 11.2. The molecule has 0 aromatic heterocycles. The molecule has 0 saturated heterocycles. The van der Waals surface area contributed by atoms with E-state index in [-0.39, 0.29) is 0 Å². The molecule has 0 bridgehead atoms. The topological polar surface area (TPSA) is 37.3 Å². The van der Waals surface area contributed by atoms with Crippen LogP contribution < -0.4 is 0 Å². The minimum absolute atomic E-state index is 0.350. The van der Waals surface area contributed by atoms with Crippen LogP contribution in [0.3, 0.4) is 0 Å². The van der Waals surface area contributed by atoms with Gasteiger partial charge in [0.05, 0.1) is 0 Å². The Balaban J connectivity index is 2.06. The summed E-state index contributed by atoms with van der Waals surface area (Å²) in [5.41, 5.74) is 0.722. The van der Waals surface area contributed by atoms with Crippen molar-refractivity contribution in [3.63, 3.8) is 0 Å². The van der Waals surface area contributed by atoms with Crippen molar-refractivity contribution in [2.45, 2.75) is 51.4 Å². The van der Waals surface area contributed by atoms with Crippen LogP contribution in [0, 0.1) is 11.8 Å². The van der Waals surface area contributed by atoms with Crippen molar-refractivity contribution in [1.82, 2.24) is 0 Å². The largest absolute Gasteiger partial charge is 0.478 e. The Morgan fingerprint density at radius 3 is 2.07 bits per heavy atom. The summed E-state index contributed by atoms with van der Waals surface area (Å²) in [6.45, 7) is 0. The zero-order chi connectivity index (χ0) is 10.7. The fourth-order valence-corrected chi connectivity index (χ4v) is 3.00. The molecule has 2 saturated carbocycles. The van der Waals surface area contributed by atoms with Gasteiger partial charge in [-0.25, -0.2) is 4.79 Å². The summed E-state index contributed by atoms with van der Waals surface area (Å²) in [7, 11) is 0. The smallest absolute Gasteiger partial charge is 0.331 e. The third-order valence-corrected chi connectivity index (χ3v) is 3.86. The lowest BCUT2D eigenvalue weighted by Crippen LogP contribution is -2.11. The van der Waals surface area contributed by atoms with Crippen LogP contribution in [0.1, 0.15) is 51.4 Å². The lowest BCUT2D eigenvalue weighted by molar-refractivity contribution is -0.133. The zero-order valence-electron chi connectivity index (χ0n) is 9.24. The molecule has 2 nitrogen and oxygen atoms in total. The summed E-state index contributed by atoms with van der Waals surface area (Å²) in [5, 5.41) is 9.23. The van der Waals surface area contributed by atoms with Gasteiger partial charge in [0.1, 0.15) is 0 Å². The van der Waals surface area contributed by atoms with E-state index >= 15 is 0 Å². The Labute approximate surface area is 91.4 Å². The molecule has 2 heteroatoms. The molecule has 2 fully saturated rings. The van der Waals surface area contributed by atoms with E-state index in [1.165, 1.54) is 38.5 Å². The minimum atomic E-state index is -0.672. The maximum absolute atomic E-state index is 11.2. The highest BCUT2D eigenvalue weighted by molar-refractivity contribution is 5.87. The Hall–Kier alpha value is -0.790. The maximum Gasteiger partial charge on any atom is 0.331 e. The molecule has 84 valence electrons. The number of hydrogen-bond acceptors (Lipinski definition) is 1. The van der Waals surface area contributed by atoms with Crippen molar-refractivity contribution in [1.29, 1.82) is 0 Å². The second-order valence-corrected chi connectivity index (χ2v) is 4.95. The van der Waals surface area contributed by atoms with Gasteiger partial charge in [-0.2, -0.15) is 0 Å². The van der Waals surface area contributed by atoms with E-state index in [4.69, 9.17) is 0 Å². The Morgan fingerprint density at radius 1 is 1.00 bits per heavy atom. The van der Waals surface area contributed by atoms with Crippen molar-refractivity contribution in [3.05, 3.63) is 11.6 Å². The van der Waals surface area contributed by atoms with Gasteiger partial charge in [-0.15, -0.1) is 0 Å². The van der Waals surface area contributed by atoms with Gasteiger partial charge < -0.3 is 5.11 Å². The first-order valence-electron chi connectivity index (χ1n) is 6.22. The second-order valence-electron chi connectivity index (χ2n) is 4.95. The summed E-state index contributed by atoms with van der Waals surface area (Å²) in [4.78, 5) is 11.2. The van der Waals surface area contributed by atoms with Crippen molar-refractivity contribution < 1.29 is 9.90 Å². The van der Waals surface area contributed by atoms with Gasteiger partial charge in [-0.3, -0.25) is 0 Å². The fourth-order valence-electron chi connectivity index (χ4n) is 3.00. The van der Waals surface area contributed by atoms with Crippen molar-refractivity contribution in [2.24, 2.45) is 11.8 Å². The predicted octanol–water partition coefficient (Wildman–Crippen LogP) is 3.38. The van der Waals surface area contributed by atoms with E-state index in [1.807, 2.05) is 0 Å². The summed E-state index contributed by atoms with van der Waals surface area (Å²) in [5.74, 6) is 0.230. The minimum Gasteiger partial charge on any atom is -0.478 e. The molecular weight excluding hydrogens is 188 g/mol. The Bertz CT molecular complexity index is 256. The van der Waals surface area contributed by atoms with Crippen LogP contribution in [0.25, 0.3) is 0 Å². The van der Waals surface area contributed by atoms with Crippen molar-refractivity contribution in [2.75, 3.05) is 0 Å². The van der Waals surface area contributed by atoms with Crippen molar-refractivity contribution in [3.8, 4) is 0 Å². The molecule has 0 amide bonds. The lowest BCUT2D eigenvalue weighted by atomic mass is 9.93. The monoisotopic (exact) mass is 208 g/mol. The van der Waals surface area contributed by atoms with E-state index in [1.54, 1.807) is 0 Å². The molecular formula is C13H20O2. The molecule has 2 rings (SSSR count). The molecule has 0 aliphatic heterocycles. The van der Waals surface area contributed by atoms with Gasteiger partial charge in [-0.05, 0) is 37.5 Å². The average Bonchev–Trinajstić information content (AvgIpc) is 2.87. The standard InChI is InChI=1S/C13H20O2/c14-13(15)12(11-7-3-4-8-11)9-10-5-1-2-6-10/h9-11H,1-8H2,(H,14,15)/b12-9+. The summed E-state index contributed by atoms with van der Waals surface area (Å²) >= 11 is 0. The first-order chi connectivity index (χ1) is 7.27. The predicted molar refractivity (Wildman–Crippen MR) is 59.6 cm³/mol. The molecule has 15 heavy (non-hydrogen) atoms. The van der Waals surface area contributed by atoms with E-state index in [2.05, 4.69) is 6.08 Å². The van der Waals surface area contributed by atoms with Crippen molar-refractivity contribution >= 4 is 5.97 Å². The molecule has 1 N–H and O–H groups in total. The number of aliphatic carboxylic acids is 1. The number of carbonyl (C=O) groups is 1. The SMILES string of the molecule is O=C(O)/C(=C/C1CCCC1)C1CCCC1. The molecule has 0 spiro atoms. The summed E-state index contributed by atoms with van der Waals surface area (Å²) < 4.78 is 0. The molecule has 0 aromatic carbocycles. The van der Waals surface area contributed by atoms with E-state index in [0.29, 0.717) is 11.8 Å². The lowest BCUT2D eigenvalue weighted by Gasteiger charge is -2.12. The average molecular weight is 208 g/mol. The first kappa shape index (κ1) is 10.7. The van der Waals surface area contributed by atoms with Crippen LogP contribution in [-0.4, -0.2) is 11.1 Å². The summed E-state index contributed by atoms with van der Waals surface area (Å²) in [6, 6.07) is 0. The highest BCUT2D eigenvalue weighted by Crippen LogP contribution is 2.34. The molecule has 2 aliphatic rings. The normalized spacial score (nSPS) is 24.9. The summed E-state index contributed by atoms with van der Waals surface area (Å²) in [6.07, 6.45) is 11.6. The number of rotatable bonds is 3. The highest BCUT2D eigenvalue weighted by Gasteiger charge is 2.25. The van der Waals surface area contributed by atoms with Gasteiger partial charge in [0.25, 0.3) is 0 Å². The third-order valence-electron chi connectivity index (χ3n) is 3.86. The second kappa shape index (κ2) is 4.82. The highest BCUT2D eigenvalue weighted by atomic mass is 16.4. The van der Waals surface area contributed by atoms with E-state index in [9.17, 15) is 9.90 Å². The van der Waals surface area contributed by atoms with Gasteiger partial charge in [0.2, 0.25) is 0 Å². The van der Waals surface area contributed by atoms with Crippen LogP contribution in [0.4, 0.5) is 0 Å². The molecule has 2 aliphatic carbocycles. The molecule has 0 aromatic rings. The zero-order valence-corrected chi connectivity index (χ0v) is 9.24. The number of allylic oxidation sites excluding steroid dienone is 1. The van der Waals surface area contributed by atoms with Crippen LogP contribution in [0.5, 0.6) is 0 Å². The third kappa shape index (κ3) is 2.61. The Morgan fingerprint density at radius 2 is 1.53 bits per heavy atom. The van der Waals surface area contributed by atoms with Gasteiger partial charge >= 0.3 is 5.97 Å². The van der Waals surface area contributed by atoms with Crippen LogP contribution >= 0.6 is 0 Å². The number of carboxylic acids is 1.